The number of halogens is 1. The van der Waals surface area contributed by atoms with E-state index in [1.807, 2.05) is 6.08 Å². The smallest absolute Gasteiger partial charge is 0.0615 e. The lowest BCUT2D eigenvalue weighted by Crippen LogP contribution is -1.69. The molecule has 1 heterocycles. The highest BCUT2D eigenvalue weighted by Gasteiger charge is 1.98. The lowest BCUT2D eigenvalue weighted by atomic mass is 10.4. The molecule has 0 aliphatic heterocycles. The van der Waals surface area contributed by atoms with Crippen LogP contribution in [0.25, 0.3) is 6.08 Å². The minimum atomic E-state index is 0.101. The first kappa shape index (κ1) is 8.97. The van der Waals surface area contributed by atoms with Crippen molar-refractivity contribution in [3.05, 3.63) is 26.4 Å². The van der Waals surface area contributed by atoms with Crippen molar-refractivity contribution in [2.45, 2.75) is 6.92 Å². The van der Waals surface area contributed by atoms with Crippen molar-refractivity contribution in [3.63, 3.8) is 0 Å². The van der Waals surface area contributed by atoms with Gasteiger partial charge in [0.1, 0.15) is 0 Å². The number of hydrogen-bond donors (Lipinski definition) is 1. The quantitative estimate of drug-likeness (QED) is 0.832. The summed E-state index contributed by atoms with van der Waals surface area (Å²) in [6.07, 6.45) is 3.65. The van der Waals surface area contributed by atoms with Crippen molar-refractivity contribution in [2.75, 3.05) is 6.61 Å². The first-order chi connectivity index (χ1) is 5.24. The molecule has 3 heteroatoms. The maximum atomic E-state index is 8.53. The number of aliphatic hydroxyl groups is 1. The Labute approximate surface area is 78.5 Å². The molecule has 1 rings (SSSR count). The van der Waals surface area contributed by atoms with Gasteiger partial charge in [0.15, 0.2) is 0 Å². The summed E-state index contributed by atoms with van der Waals surface area (Å²) < 4.78 is 1.10. The summed E-state index contributed by atoms with van der Waals surface area (Å²) in [4.78, 5) is 2.44. The molecular weight excluding hydrogens is 224 g/mol. The average molecular weight is 233 g/mol. The Bertz CT molecular complexity index is 265. The third-order valence-electron chi connectivity index (χ3n) is 1.21. The van der Waals surface area contributed by atoms with Crippen LogP contribution >= 0.6 is 27.3 Å². The van der Waals surface area contributed by atoms with Gasteiger partial charge >= 0.3 is 0 Å². The van der Waals surface area contributed by atoms with Gasteiger partial charge in [-0.15, -0.1) is 11.3 Å². The summed E-state index contributed by atoms with van der Waals surface area (Å²) in [7, 11) is 0. The lowest BCUT2D eigenvalue weighted by Gasteiger charge is -1.84. The fourth-order valence-corrected chi connectivity index (χ4v) is 2.49. The Hall–Kier alpha value is -0.120. The van der Waals surface area contributed by atoms with Gasteiger partial charge in [-0.2, -0.15) is 0 Å². The first-order valence-corrected chi connectivity index (χ1v) is 4.88. The van der Waals surface area contributed by atoms with E-state index in [9.17, 15) is 0 Å². The molecule has 1 aromatic rings. The van der Waals surface area contributed by atoms with Gasteiger partial charge in [0.05, 0.1) is 6.61 Å². The molecule has 0 fully saturated rings. The highest BCUT2D eigenvalue weighted by atomic mass is 79.9. The van der Waals surface area contributed by atoms with Crippen molar-refractivity contribution >= 4 is 33.3 Å². The van der Waals surface area contributed by atoms with E-state index in [4.69, 9.17) is 5.11 Å². The highest BCUT2D eigenvalue weighted by molar-refractivity contribution is 9.10. The van der Waals surface area contributed by atoms with E-state index in [2.05, 4.69) is 28.9 Å². The van der Waals surface area contributed by atoms with Crippen LogP contribution in [0.15, 0.2) is 16.6 Å². The Morgan fingerprint density at radius 3 is 2.91 bits per heavy atom. The molecule has 1 N–H and O–H groups in total. The molecule has 0 bridgehead atoms. The fourth-order valence-electron chi connectivity index (χ4n) is 0.775. The topological polar surface area (TPSA) is 20.2 Å². The predicted octanol–water partition coefficient (Wildman–Crippen LogP) is 2.82. The van der Waals surface area contributed by atoms with Crippen LogP contribution in [0.1, 0.15) is 9.75 Å². The minimum Gasteiger partial charge on any atom is -0.392 e. The first-order valence-electron chi connectivity index (χ1n) is 3.27. The second kappa shape index (κ2) is 4.04. The second-order valence-electron chi connectivity index (χ2n) is 2.15. The van der Waals surface area contributed by atoms with Gasteiger partial charge in [-0.25, -0.2) is 0 Å². The SMILES string of the molecule is Cc1cc(Br)c(/C=C/CO)s1. The van der Waals surface area contributed by atoms with E-state index in [0.29, 0.717) is 0 Å². The lowest BCUT2D eigenvalue weighted by molar-refractivity contribution is 0.343. The summed E-state index contributed by atoms with van der Waals surface area (Å²) in [5.74, 6) is 0. The molecular formula is C8H9BrOS. The van der Waals surface area contributed by atoms with Crippen LogP contribution in [0, 0.1) is 6.92 Å². The summed E-state index contributed by atoms with van der Waals surface area (Å²) in [5.41, 5.74) is 0. The van der Waals surface area contributed by atoms with Crippen LogP contribution in [-0.2, 0) is 0 Å². The van der Waals surface area contributed by atoms with Gasteiger partial charge in [-0.3, -0.25) is 0 Å². The van der Waals surface area contributed by atoms with Gasteiger partial charge in [0.2, 0.25) is 0 Å². The number of rotatable bonds is 2. The third kappa shape index (κ3) is 2.43. The zero-order valence-corrected chi connectivity index (χ0v) is 8.58. The molecule has 1 aromatic heterocycles. The molecule has 1 nitrogen and oxygen atoms in total. The monoisotopic (exact) mass is 232 g/mol. The van der Waals surface area contributed by atoms with Crippen molar-refractivity contribution in [2.24, 2.45) is 0 Å². The molecule has 0 amide bonds. The van der Waals surface area contributed by atoms with E-state index in [1.54, 1.807) is 17.4 Å². The van der Waals surface area contributed by atoms with Gasteiger partial charge in [0, 0.05) is 14.2 Å². The van der Waals surface area contributed by atoms with Crippen LogP contribution in [-0.4, -0.2) is 11.7 Å². The summed E-state index contributed by atoms with van der Waals surface area (Å²) in [6.45, 7) is 2.16. The molecule has 11 heavy (non-hydrogen) atoms. The predicted molar refractivity (Wildman–Crippen MR) is 52.9 cm³/mol. The summed E-state index contributed by atoms with van der Waals surface area (Å²) >= 11 is 5.13. The van der Waals surface area contributed by atoms with Crippen molar-refractivity contribution in [1.29, 1.82) is 0 Å². The second-order valence-corrected chi connectivity index (χ2v) is 4.30. The van der Waals surface area contributed by atoms with Crippen LogP contribution in [0.4, 0.5) is 0 Å². The fraction of sp³-hybridized carbons (Fsp3) is 0.250. The van der Waals surface area contributed by atoms with Gasteiger partial charge < -0.3 is 5.11 Å². The minimum absolute atomic E-state index is 0.101. The van der Waals surface area contributed by atoms with E-state index in [-0.39, 0.29) is 6.61 Å². The molecule has 60 valence electrons. The number of aliphatic hydroxyl groups excluding tert-OH is 1. The van der Waals surface area contributed by atoms with E-state index in [0.717, 1.165) is 9.35 Å². The molecule has 0 radical (unpaired) electrons. The zero-order chi connectivity index (χ0) is 8.27. The number of hydrogen-bond acceptors (Lipinski definition) is 2. The zero-order valence-electron chi connectivity index (χ0n) is 6.17. The maximum Gasteiger partial charge on any atom is 0.0615 e. The van der Waals surface area contributed by atoms with Gasteiger partial charge in [-0.05, 0) is 35.0 Å². The molecule has 0 atom stereocenters. The normalized spacial score (nSPS) is 11.2. The summed E-state index contributed by atoms with van der Waals surface area (Å²) in [5, 5.41) is 8.53. The van der Waals surface area contributed by atoms with Crippen LogP contribution in [0.3, 0.4) is 0 Å². The molecule has 0 unspecified atom stereocenters. The van der Waals surface area contributed by atoms with Gasteiger partial charge in [0.25, 0.3) is 0 Å². The molecule has 0 aromatic carbocycles. The van der Waals surface area contributed by atoms with E-state index < -0.39 is 0 Å². The Morgan fingerprint density at radius 1 is 1.73 bits per heavy atom. The van der Waals surface area contributed by atoms with Crippen molar-refractivity contribution in [3.8, 4) is 0 Å². The summed E-state index contributed by atoms with van der Waals surface area (Å²) in [6, 6.07) is 2.07. The van der Waals surface area contributed by atoms with Crippen molar-refractivity contribution < 1.29 is 5.11 Å². The molecule has 0 aliphatic rings. The van der Waals surface area contributed by atoms with Crippen molar-refractivity contribution in [1.82, 2.24) is 0 Å². The standard InChI is InChI=1S/C8H9BrOS/c1-6-5-7(9)8(11-6)3-2-4-10/h2-3,5,10H,4H2,1H3/b3-2+. The molecule has 0 saturated carbocycles. The maximum absolute atomic E-state index is 8.53. The van der Waals surface area contributed by atoms with Crippen LogP contribution in [0.5, 0.6) is 0 Å². The van der Waals surface area contributed by atoms with E-state index in [1.165, 1.54) is 4.88 Å². The Morgan fingerprint density at radius 2 is 2.45 bits per heavy atom. The largest absolute Gasteiger partial charge is 0.392 e. The number of aryl methyl sites for hydroxylation is 1. The third-order valence-corrected chi connectivity index (χ3v) is 3.15. The molecule has 0 saturated heterocycles. The Balaban J connectivity index is 2.85. The van der Waals surface area contributed by atoms with Gasteiger partial charge in [-0.1, -0.05) is 6.08 Å². The molecule has 0 spiro atoms. The highest BCUT2D eigenvalue weighted by Crippen LogP contribution is 2.27. The van der Waals surface area contributed by atoms with E-state index >= 15 is 0 Å². The molecule has 0 aliphatic carbocycles. The number of thiophene rings is 1. The average Bonchev–Trinajstić information content (AvgIpc) is 2.26. The van der Waals surface area contributed by atoms with Crippen LogP contribution < -0.4 is 0 Å². The van der Waals surface area contributed by atoms with Crippen LogP contribution in [0.2, 0.25) is 0 Å². The Kier molecular flexibility index (Phi) is 3.30.